The van der Waals surface area contributed by atoms with Crippen molar-refractivity contribution in [2.24, 2.45) is 0 Å². The van der Waals surface area contributed by atoms with E-state index in [1.54, 1.807) is 0 Å². The molecule has 0 amide bonds. The topological polar surface area (TPSA) is 42.2 Å². The van der Waals surface area contributed by atoms with Gasteiger partial charge in [0, 0.05) is 30.3 Å². The van der Waals surface area contributed by atoms with Crippen LogP contribution in [0.15, 0.2) is 28.8 Å². The highest BCUT2D eigenvalue weighted by Crippen LogP contribution is 2.36. The molecule has 0 spiro atoms. The number of piperidine rings is 1. The Morgan fingerprint density at radius 3 is 2.38 bits per heavy atom. The van der Waals surface area contributed by atoms with E-state index < -0.39 is 0 Å². The van der Waals surface area contributed by atoms with Gasteiger partial charge in [0.15, 0.2) is 0 Å². The third-order valence-electron chi connectivity index (χ3n) is 4.74. The zero-order chi connectivity index (χ0) is 14.1. The van der Waals surface area contributed by atoms with Gasteiger partial charge in [-0.05, 0) is 56.4 Å². The first-order valence-electron chi connectivity index (χ1n) is 8.09. The van der Waals surface area contributed by atoms with Crippen LogP contribution in [0, 0.1) is 0 Å². The molecule has 1 aliphatic heterocycles. The van der Waals surface area contributed by atoms with Gasteiger partial charge in [-0.1, -0.05) is 11.6 Å². The molecule has 21 heavy (non-hydrogen) atoms. The molecule has 4 rings (SSSR count). The molecule has 2 aromatic rings. The fourth-order valence-corrected chi connectivity index (χ4v) is 3.15. The van der Waals surface area contributed by atoms with Gasteiger partial charge in [-0.15, -0.1) is 0 Å². The van der Waals surface area contributed by atoms with E-state index in [0.717, 1.165) is 17.3 Å². The van der Waals surface area contributed by atoms with Gasteiger partial charge >= 0.3 is 0 Å². The monoisotopic (exact) mass is 283 g/mol. The molecule has 0 bridgehead atoms. The number of hydrogen-bond donors (Lipinski definition) is 0. The minimum absolute atomic E-state index is 0.499. The summed E-state index contributed by atoms with van der Waals surface area (Å²) in [5.41, 5.74) is 2.35. The first-order valence-corrected chi connectivity index (χ1v) is 8.09. The van der Waals surface area contributed by atoms with Gasteiger partial charge in [-0.2, -0.15) is 4.98 Å². The first-order chi connectivity index (χ1) is 10.4. The standard InChI is InChI=1S/C17H21N3O/c1-2-11-20(12-3-1)15-9-7-13(8-10-15)16-18-17(21-19-16)14-5-4-6-14/h7-10,14H,1-6,11-12H2. The molecule has 1 saturated heterocycles. The van der Waals surface area contributed by atoms with Crippen molar-refractivity contribution in [1.82, 2.24) is 10.1 Å². The summed E-state index contributed by atoms with van der Waals surface area (Å²) in [5.74, 6) is 2.04. The molecule has 0 atom stereocenters. The lowest BCUT2D eigenvalue weighted by Gasteiger charge is -2.28. The average molecular weight is 283 g/mol. The minimum atomic E-state index is 0.499. The van der Waals surface area contributed by atoms with Gasteiger partial charge in [0.05, 0.1) is 0 Å². The molecule has 0 unspecified atom stereocenters. The molecule has 1 aliphatic carbocycles. The molecule has 2 heterocycles. The van der Waals surface area contributed by atoms with E-state index in [2.05, 4.69) is 39.3 Å². The Kier molecular flexibility index (Phi) is 3.37. The van der Waals surface area contributed by atoms with Crippen molar-refractivity contribution in [3.63, 3.8) is 0 Å². The smallest absolute Gasteiger partial charge is 0.230 e. The summed E-state index contributed by atoms with van der Waals surface area (Å²) in [6, 6.07) is 8.58. The average Bonchev–Trinajstić information content (AvgIpc) is 2.96. The van der Waals surface area contributed by atoms with E-state index in [-0.39, 0.29) is 0 Å². The van der Waals surface area contributed by atoms with Crippen LogP contribution in [0.4, 0.5) is 5.69 Å². The fourth-order valence-electron chi connectivity index (χ4n) is 3.15. The first kappa shape index (κ1) is 12.9. The Labute approximate surface area is 125 Å². The van der Waals surface area contributed by atoms with Crippen LogP contribution in [0.25, 0.3) is 11.4 Å². The number of hydrogen-bond acceptors (Lipinski definition) is 4. The Bertz CT molecular complexity index is 595. The minimum Gasteiger partial charge on any atom is -0.372 e. The normalized spacial score (nSPS) is 19.5. The molecule has 1 aromatic heterocycles. The zero-order valence-corrected chi connectivity index (χ0v) is 12.3. The van der Waals surface area contributed by atoms with Crippen molar-refractivity contribution in [1.29, 1.82) is 0 Å². The molecular formula is C17H21N3O. The molecule has 0 radical (unpaired) electrons. The summed E-state index contributed by atoms with van der Waals surface area (Å²) in [6.07, 6.45) is 7.63. The molecule has 4 nitrogen and oxygen atoms in total. The predicted molar refractivity (Wildman–Crippen MR) is 82.4 cm³/mol. The molecule has 2 aliphatic rings. The Morgan fingerprint density at radius 1 is 0.952 bits per heavy atom. The molecule has 0 N–H and O–H groups in total. The zero-order valence-electron chi connectivity index (χ0n) is 12.3. The lowest BCUT2D eigenvalue weighted by Crippen LogP contribution is -2.29. The van der Waals surface area contributed by atoms with Gasteiger partial charge in [0.2, 0.25) is 11.7 Å². The maximum atomic E-state index is 5.40. The third kappa shape index (κ3) is 2.55. The van der Waals surface area contributed by atoms with Crippen molar-refractivity contribution < 1.29 is 4.52 Å². The second-order valence-corrected chi connectivity index (χ2v) is 6.18. The largest absolute Gasteiger partial charge is 0.372 e. The van der Waals surface area contributed by atoms with Crippen molar-refractivity contribution >= 4 is 5.69 Å². The fraction of sp³-hybridized carbons (Fsp3) is 0.529. The number of anilines is 1. The van der Waals surface area contributed by atoms with E-state index in [1.165, 1.54) is 57.3 Å². The molecular weight excluding hydrogens is 262 g/mol. The van der Waals surface area contributed by atoms with Crippen molar-refractivity contribution in [2.75, 3.05) is 18.0 Å². The Hall–Kier alpha value is -1.84. The Morgan fingerprint density at radius 2 is 1.71 bits per heavy atom. The van der Waals surface area contributed by atoms with Crippen LogP contribution in [0.1, 0.15) is 50.3 Å². The van der Waals surface area contributed by atoms with Gasteiger partial charge < -0.3 is 9.42 Å². The predicted octanol–water partition coefficient (Wildman–Crippen LogP) is 3.99. The number of aromatic nitrogens is 2. The quantitative estimate of drug-likeness (QED) is 0.854. The van der Waals surface area contributed by atoms with Gasteiger partial charge in [0.25, 0.3) is 0 Å². The van der Waals surface area contributed by atoms with E-state index in [1.807, 2.05) is 0 Å². The summed E-state index contributed by atoms with van der Waals surface area (Å²) in [6.45, 7) is 2.35. The van der Waals surface area contributed by atoms with E-state index >= 15 is 0 Å². The van der Waals surface area contributed by atoms with Crippen molar-refractivity contribution in [3.8, 4) is 11.4 Å². The summed E-state index contributed by atoms with van der Waals surface area (Å²) in [7, 11) is 0. The molecule has 110 valence electrons. The van der Waals surface area contributed by atoms with Crippen molar-refractivity contribution in [2.45, 2.75) is 44.4 Å². The van der Waals surface area contributed by atoms with Crippen LogP contribution < -0.4 is 4.90 Å². The maximum absolute atomic E-state index is 5.40. The third-order valence-corrected chi connectivity index (χ3v) is 4.74. The summed E-state index contributed by atoms with van der Waals surface area (Å²) in [4.78, 5) is 7.01. The summed E-state index contributed by atoms with van der Waals surface area (Å²) >= 11 is 0. The number of benzene rings is 1. The maximum Gasteiger partial charge on any atom is 0.230 e. The van der Waals surface area contributed by atoms with Crippen LogP contribution >= 0.6 is 0 Å². The highest BCUT2D eigenvalue weighted by Gasteiger charge is 2.25. The van der Waals surface area contributed by atoms with E-state index in [9.17, 15) is 0 Å². The van der Waals surface area contributed by atoms with E-state index in [0.29, 0.717) is 5.92 Å². The van der Waals surface area contributed by atoms with E-state index in [4.69, 9.17) is 4.52 Å². The molecule has 1 aromatic carbocycles. The second-order valence-electron chi connectivity index (χ2n) is 6.18. The molecule has 2 fully saturated rings. The lowest BCUT2D eigenvalue weighted by atomic mass is 9.85. The van der Waals surface area contributed by atoms with Crippen LogP contribution in [-0.2, 0) is 0 Å². The molecule has 4 heteroatoms. The van der Waals surface area contributed by atoms with Crippen LogP contribution in [0.3, 0.4) is 0 Å². The highest BCUT2D eigenvalue weighted by molar-refractivity contribution is 5.60. The molecule has 1 saturated carbocycles. The highest BCUT2D eigenvalue weighted by atomic mass is 16.5. The van der Waals surface area contributed by atoms with Crippen molar-refractivity contribution in [3.05, 3.63) is 30.2 Å². The SMILES string of the molecule is c1cc(N2CCCCC2)ccc1-c1noc(C2CCC2)n1. The number of rotatable bonds is 3. The second kappa shape index (κ2) is 5.51. The van der Waals surface area contributed by atoms with Crippen LogP contribution in [0.5, 0.6) is 0 Å². The van der Waals surface area contributed by atoms with Gasteiger partial charge in [-0.25, -0.2) is 0 Å². The van der Waals surface area contributed by atoms with Gasteiger partial charge in [-0.3, -0.25) is 0 Å². The van der Waals surface area contributed by atoms with Crippen LogP contribution in [-0.4, -0.2) is 23.2 Å². The Balaban J connectivity index is 1.51. The summed E-state index contributed by atoms with van der Waals surface area (Å²) in [5, 5.41) is 4.13. The van der Waals surface area contributed by atoms with Crippen LogP contribution in [0.2, 0.25) is 0 Å². The lowest BCUT2D eigenvalue weighted by molar-refractivity contribution is 0.292. The number of nitrogens with zero attached hydrogens (tertiary/aromatic N) is 3. The summed E-state index contributed by atoms with van der Waals surface area (Å²) < 4.78 is 5.40. The van der Waals surface area contributed by atoms with Gasteiger partial charge in [0.1, 0.15) is 0 Å².